The van der Waals surface area contributed by atoms with Crippen molar-refractivity contribution in [3.63, 3.8) is 0 Å². The fourth-order valence-electron chi connectivity index (χ4n) is 2.01. The van der Waals surface area contributed by atoms with E-state index >= 15 is 0 Å². The monoisotopic (exact) mass is 285 g/mol. The van der Waals surface area contributed by atoms with Gasteiger partial charge in [0.05, 0.1) is 6.61 Å². The van der Waals surface area contributed by atoms with Gasteiger partial charge in [-0.05, 0) is 18.2 Å². The molecule has 1 saturated heterocycles. The van der Waals surface area contributed by atoms with E-state index < -0.39 is 4.75 Å². The number of benzene rings is 1. The van der Waals surface area contributed by atoms with Gasteiger partial charge in [0.1, 0.15) is 4.75 Å². The summed E-state index contributed by atoms with van der Waals surface area (Å²) in [4.78, 5) is 11.9. The van der Waals surface area contributed by atoms with Gasteiger partial charge in [0.15, 0.2) is 0 Å². The molecule has 1 aromatic carbocycles. The molecule has 2 heterocycles. The molecule has 15 heavy (non-hydrogen) atoms. The number of amides is 1. The lowest BCUT2D eigenvalue weighted by Gasteiger charge is -2.16. The topological polar surface area (TPSA) is 38.3 Å². The summed E-state index contributed by atoms with van der Waals surface area (Å²) in [6, 6.07) is 5.85. The summed E-state index contributed by atoms with van der Waals surface area (Å²) in [6.07, 6.45) is 0.743. The van der Waals surface area contributed by atoms with E-state index in [1.807, 2.05) is 18.2 Å². The van der Waals surface area contributed by atoms with Crippen LogP contribution in [0, 0.1) is 0 Å². The van der Waals surface area contributed by atoms with Crippen LogP contribution in [-0.4, -0.2) is 12.5 Å². The van der Waals surface area contributed by atoms with Gasteiger partial charge in [-0.1, -0.05) is 15.9 Å². The van der Waals surface area contributed by atoms with Gasteiger partial charge < -0.3 is 9.50 Å². The van der Waals surface area contributed by atoms with Crippen molar-refractivity contribution in [1.29, 1.82) is 0 Å². The highest BCUT2D eigenvalue weighted by atomic mass is 79.9. The van der Waals surface area contributed by atoms with Crippen LogP contribution in [0.1, 0.15) is 12.0 Å². The van der Waals surface area contributed by atoms with Gasteiger partial charge in [-0.2, -0.15) is 0 Å². The predicted molar refractivity (Wildman–Crippen MR) is 62.6 cm³/mol. The van der Waals surface area contributed by atoms with E-state index in [0.29, 0.717) is 6.61 Å². The second-order valence-corrected chi connectivity index (χ2v) is 5.64. The molecule has 1 amide bonds. The molecule has 3 nitrogen and oxygen atoms in total. The first-order valence-corrected chi connectivity index (χ1v) is 6.18. The van der Waals surface area contributed by atoms with Crippen LogP contribution in [0.25, 0.3) is 0 Å². The van der Waals surface area contributed by atoms with Gasteiger partial charge in [-0.3, -0.25) is 4.79 Å². The lowest BCUT2D eigenvalue weighted by molar-refractivity contribution is -0.118. The van der Waals surface area contributed by atoms with Gasteiger partial charge >= 0.3 is 0 Å². The molecule has 0 radical (unpaired) electrons. The van der Waals surface area contributed by atoms with E-state index in [-0.39, 0.29) is 5.91 Å². The third-order valence-corrected chi connectivity index (χ3v) is 4.44. The summed E-state index contributed by atoms with van der Waals surface area (Å²) in [5.41, 5.74) is 1.94. The minimum atomic E-state index is -0.515. The standard InChI is InChI=1S/C10H8BrNO2S/c11-6-1-2-8-7(5-6)10(9(13)12-8)3-4-14-15-10/h1-2,5H,3-4H2,(H,12,13)/t10-/m1/s1. The molecule has 0 unspecified atom stereocenters. The molecule has 1 spiro atoms. The Bertz CT molecular complexity index is 443. The zero-order valence-corrected chi connectivity index (χ0v) is 10.2. The van der Waals surface area contributed by atoms with Crippen molar-refractivity contribution in [2.75, 3.05) is 11.9 Å². The van der Waals surface area contributed by atoms with Gasteiger partial charge in [0.25, 0.3) is 0 Å². The van der Waals surface area contributed by atoms with Gasteiger partial charge in [0.2, 0.25) is 5.91 Å². The number of hydrogen-bond acceptors (Lipinski definition) is 3. The second kappa shape index (κ2) is 3.23. The number of nitrogens with one attached hydrogen (secondary N) is 1. The fraction of sp³-hybridized carbons (Fsp3) is 0.300. The summed E-state index contributed by atoms with van der Waals surface area (Å²) in [7, 11) is 0. The van der Waals surface area contributed by atoms with E-state index in [9.17, 15) is 4.79 Å². The molecule has 1 atom stereocenters. The van der Waals surface area contributed by atoms with Crippen LogP contribution in [-0.2, 0) is 13.7 Å². The fourth-order valence-corrected chi connectivity index (χ4v) is 3.29. The predicted octanol–water partition coefficient (Wildman–Crippen LogP) is 2.67. The highest BCUT2D eigenvalue weighted by molar-refractivity contribution is 9.10. The lowest BCUT2D eigenvalue weighted by atomic mass is 9.97. The summed E-state index contributed by atoms with van der Waals surface area (Å²) in [5.74, 6) is 0.0399. The lowest BCUT2D eigenvalue weighted by Crippen LogP contribution is -2.28. The third kappa shape index (κ3) is 1.26. The second-order valence-electron chi connectivity index (χ2n) is 3.63. The molecule has 0 aromatic heterocycles. The summed E-state index contributed by atoms with van der Waals surface area (Å²) in [5, 5.41) is 2.90. The molecule has 0 bridgehead atoms. The van der Waals surface area contributed by atoms with Crippen molar-refractivity contribution in [2.45, 2.75) is 11.2 Å². The minimum absolute atomic E-state index is 0.0399. The number of carbonyl (C=O) groups is 1. The molecular weight excluding hydrogens is 278 g/mol. The van der Waals surface area contributed by atoms with Crippen molar-refractivity contribution in [1.82, 2.24) is 0 Å². The zero-order chi connectivity index (χ0) is 10.5. The molecule has 1 fully saturated rings. The first-order chi connectivity index (χ1) is 7.22. The minimum Gasteiger partial charge on any atom is -0.324 e. The Balaban J connectivity index is 2.19. The maximum atomic E-state index is 11.9. The normalized spacial score (nSPS) is 28.2. The van der Waals surface area contributed by atoms with Crippen molar-refractivity contribution < 1.29 is 8.98 Å². The van der Waals surface area contributed by atoms with Gasteiger partial charge in [0, 0.05) is 34.2 Å². The van der Waals surface area contributed by atoms with Crippen LogP contribution in [0.2, 0.25) is 0 Å². The summed E-state index contributed by atoms with van der Waals surface area (Å²) < 4.78 is 5.77. The maximum Gasteiger partial charge on any atom is 0.247 e. The maximum absolute atomic E-state index is 11.9. The molecule has 2 aliphatic heterocycles. The van der Waals surface area contributed by atoms with Crippen LogP contribution in [0.15, 0.2) is 22.7 Å². The van der Waals surface area contributed by atoms with Crippen molar-refractivity contribution in [3.05, 3.63) is 28.2 Å². The number of rotatable bonds is 0. The Kier molecular flexibility index (Phi) is 2.09. The smallest absolute Gasteiger partial charge is 0.247 e. The van der Waals surface area contributed by atoms with Crippen molar-refractivity contribution in [2.24, 2.45) is 0 Å². The highest BCUT2D eigenvalue weighted by Gasteiger charge is 2.51. The molecular formula is C10H8BrNO2S. The Morgan fingerprint density at radius 2 is 2.40 bits per heavy atom. The Morgan fingerprint density at radius 1 is 1.53 bits per heavy atom. The number of fused-ring (bicyclic) bond motifs is 2. The molecule has 1 N–H and O–H groups in total. The third-order valence-electron chi connectivity index (χ3n) is 2.77. The zero-order valence-electron chi connectivity index (χ0n) is 7.75. The SMILES string of the molecule is O=C1Nc2ccc(Br)cc2[C@]12CCOS2. The van der Waals surface area contributed by atoms with Crippen LogP contribution in [0.3, 0.4) is 0 Å². The van der Waals surface area contributed by atoms with E-state index in [4.69, 9.17) is 4.18 Å². The van der Waals surface area contributed by atoms with E-state index in [2.05, 4.69) is 21.2 Å². The van der Waals surface area contributed by atoms with Crippen molar-refractivity contribution in [3.8, 4) is 0 Å². The first-order valence-electron chi connectivity index (χ1n) is 4.64. The molecule has 78 valence electrons. The average Bonchev–Trinajstić information content (AvgIpc) is 2.78. The Hall–Kier alpha value is -0.520. The van der Waals surface area contributed by atoms with Crippen LogP contribution < -0.4 is 5.32 Å². The Morgan fingerprint density at radius 3 is 3.13 bits per heavy atom. The average molecular weight is 286 g/mol. The van der Waals surface area contributed by atoms with Crippen LogP contribution >= 0.6 is 28.0 Å². The molecule has 5 heteroatoms. The van der Waals surface area contributed by atoms with Gasteiger partial charge in [-0.25, -0.2) is 0 Å². The van der Waals surface area contributed by atoms with E-state index in [0.717, 1.165) is 22.1 Å². The Labute approximate surface area is 99.9 Å². The summed E-state index contributed by atoms with van der Waals surface area (Å²) in [6.45, 7) is 0.629. The van der Waals surface area contributed by atoms with E-state index in [1.165, 1.54) is 12.0 Å². The summed E-state index contributed by atoms with van der Waals surface area (Å²) >= 11 is 4.71. The number of halogens is 1. The molecule has 3 rings (SSSR count). The largest absolute Gasteiger partial charge is 0.324 e. The van der Waals surface area contributed by atoms with E-state index in [1.54, 1.807) is 0 Å². The van der Waals surface area contributed by atoms with Gasteiger partial charge in [-0.15, -0.1) is 0 Å². The number of carbonyl (C=O) groups excluding carboxylic acids is 1. The quantitative estimate of drug-likeness (QED) is 0.745. The number of hydrogen-bond donors (Lipinski definition) is 1. The highest BCUT2D eigenvalue weighted by Crippen LogP contribution is 2.52. The number of anilines is 1. The van der Waals surface area contributed by atoms with Crippen LogP contribution in [0.5, 0.6) is 0 Å². The first kappa shape index (κ1) is 9.69. The molecule has 0 aliphatic carbocycles. The molecule has 0 saturated carbocycles. The molecule has 1 aromatic rings. The van der Waals surface area contributed by atoms with Crippen LogP contribution in [0.4, 0.5) is 5.69 Å². The molecule has 2 aliphatic rings. The van der Waals surface area contributed by atoms with Crippen molar-refractivity contribution >= 4 is 39.6 Å².